The van der Waals surface area contributed by atoms with Crippen LogP contribution in [0, 0.1) is 0 Å². The Balaban J connectivity index is 3.90. The lowest BCUT2D eigenvalue weighted by atomic mass is 10.2. The SMILES string of the molecule is C=CCCOC(=O)N(C)C(C)C(=O)OCCCCCCC. The summed E-state index contributed by atoms with van der Waals surface area (Å²) in [5, 5.41) is 0. The van der Waals surface area contributed by atoms with Crippen molar-refractivity contribution in [2.24, 2.45) is 0 Å². The maximum atomic E-state index is 11.8. The van der Waals surface area contributed by atoms with Gasteiger partial charge in [-0.25, -0.2) is 9.59 Å². The monoisotopic (exact) mass is 299 g/mol. The Morgan fingerprint density at radius 1 is 1.14 bits per heavy atom. The molecule has 5 nitrogen and oxygen atoms in total. The lowest BCUT2D eigenvalue weighted by Gasteiger charge is -2.22. The molecule has 1 amide bonds. The Kier molecular flexibility index (Phi) is 11.4. The molecule has 0 heterocycles. The van der Waals surface area contributed by atoms with Gasteiger partial charge in [-0.2, -0.15) is 0 Å². The number of amides is 1. The molecule has 1 unspecified atom stereocenters. The van der Waals surface area contributed by atoms with Crippen molar-refractivity contribution in [3.8, 4) is 0 Å². The highest BCUT2D eigenvalue weighted by molar-refractivity contribution is 5.80. The second-order valence-corrected chi connectivity index (χ2v) is 5.06. The summed E-state index contributed by atoms with van der Waals surface area (Å²) in [6, 6.07) is -0.642. The molecule has 0 aliphatic rings. The van der Waals surface area contributed by atoms with Crippen LogP contribution in [0.25, 0.3) is 0 Å². The van der Waals surface area contributed by atoms with Crippen molar-refractivity contribution in [1.82, 2.24) is 4.90 Å². The Bertz CT molecular complexity index is 317. The maximum absolute atomic E-state index is 11.8. The predicted octanol–water partition coefficient (Wildman–Crippen LogP) is 3.53. The molecule has 0 N–H and O–H groups in total. The lowest BCUT2D eigenvalue weighted by Crippen LogP contribution is -2.41. The number of rotatable bonds is 11. The molecule has 0 bridgehead atoms. The molecule has 0 fully saturated rings. The first kappa shape index (κ1) is 19.5. The summed E-state index contributed by atoms with van der Waals surface area (Å²) >= 11 is 0. The summed E-state index contributed by atoms with van der Waals surface area (Å²) in [7, 11) is 1.53. The molecular weight excluding hydrogens is 270 g/mol. The summed E-state index contributed by atoms with van der Waals surface area (Å²) in [5.41, 5.74) is 0. The third-order valence-corrected chi connectivity index (χ3v) is 3.25. The van der Waals surface area contributed by atoms with Gasteiger partial charge < -0.3 is 9.47 Å². The number of esters is 1. The Hall–Kier alpha value is -1.52. The third kappa shape index (κ3) is 9.10. The topological polar surface area (TPSA) is 55.8 Å². The molecule has 5 heteroatoms. The van der Waals surface area contributed by atoms with E-state index in [1.807, 2.05) is 0 Å². The van der Waals surface area contributed by atoms with Crippen LogP contribution in [-0.4, -0.2) is 43.3 Å². The molecule has 0 spiro atoms. The smallest absolute Gasteiger partial charge is 0.410 e. The van der Waals surface area contributed by atoms with Crippen LogP contribution < -0.4 is 0 Å². The fourth-order valence-electron chi connectivity index (χ4n) is 1.65. The summed E-state index contributed by atoms with van der Waals surface area (Å²) in [5.74, 6) is -0.395. The molecule has 0 aromatic carbocycles. The quantitative estimate of drug-likeness (QED) is 0.333. The zero-order valence-corrected chi connectivity index (χ0v) is 13.6. The first-order valence-corrected chi connectivity index (χ1v) is 7.71. The van der Waals surface area contributed by atoms with Crippen LogP contribution in [0.1, 0.15) is 52.4 Å². The van der Waals surface area contributed by atoms with Crippen molar-refractivity contribution in [2.75, 3.05) is 20.3 Å². The minimum absolute atomic E-state index is 0.270. The van der Waals surface area contributed by atoms with Gasteiger partial charge in [0, 0.05) is 7.05 Å². The average Bonchev–Trinajstić information content (AvgIpc) is 2.49. The first-order chi connectivity index (χ1) is 10.0. The van der Waals surface area contributed by atoms with E-state index >= 15 is 0 Å². The van der Waals surface area contributed by atoms with Gasteiger partial charge in [0.2, 0.25) is 0 Å². The number of carbonyl (C=O) groups is 2. The minimum atomic E-state index is -0.642. The molecule has 0 rings (SSSR count). The van der Waals surface area contributed by atoms with E-state index in [0.717, 1.165) is 12.8 Å². The molecule has 0 aromatic rings. The zero-order valence-electron chi connectivity index (χ0n) is 13.6. The van der Waals surface area contributed by atoms with Crippen molar-refractivity contribution in [1.29, 1.82) is 0 Å². The van der Waals surface area contributed by atoms with Gasteiger partial charge >= 0.3 is 12.1 Å². The molecule has 0 saturated carbocycles. The highest BCUT2D eigenvalue weighted by Gasteiger charge is 2.24. The van der Waals surface area contributed by atoms with E-state index in [0.29, 0.717) is 13.0 Å². The van der Waals surface area contributed by atoms with Gasteiger partial charge in [0.05, 0.1) is 13.2 Å². The van der Waals surface area contributed by atoms with Crippen LogP contribution in [0.15, 0.2) is 12.7 Å². The molecule has 0 saturated heterocycles. The van der Waals surface area contributed by atoms with Crippen LogP contribution >= 0.6 is 0 Å². The highest BCUT2D eigenvalue weighted by atomic mass is 16.6. The van der Waals surface area contributed by atoms with Crippen LogP contribution in [0.4, 0.5) is 4.79 Å². The fourth-order valence-corrected chi connectivity index (χ4v) is 1.65. The van der Waals surface area contributed by atoms with E-state index in [2.05, 4.69) is 13.5 Å². The summed E-state index contributed by atoms with van der Waals surface area (Å²) in [6.07, 6.45) is 7.24. The number of nitrogens with zero attached hydrogens (tertiary/aromatic N) is 1. The van der Waals surface area contributed by atoms with Crippen molar-refractivity contribution in [3.05, 3.63) is 12.7 Å². The molecule has 0 aliphatic heterocycles. The number of hydrogen-bond acceptors (Lipinski definition) is 4. The second kappa shape index (κ2) is 12.2. The molecule has 1 atom stereocenters. The van der Waals surface area contributed by atoms with Gasteiger partial charge in [0.15, 0.2) is 0 Å². The van der Waals surface area contributed by atoms with Gasteiger partial charge in [-0.15, -0.1) is 6.58 Å². The number of hydrogen-bond donors (Lipinski definition) is 0. The normalized spacial score (nSPS) is 11.6. The van der Waals surface area contributed by atoms with E-state index in [1.165, 1.54) is 31.2 Å². The van der Waals surface area contributed by atoms with E-state index < -0.39 is 18.1 Å². The largest absolute Gasteiger partial charge is 0.464 e. The van der Waals surface area contributed by atoms with Crippen LogP contribution in [0.3, 0.4) is 0 Å². The van der Waals surface area contributed by atoms with Gasteiger partial charge in [-0.05, 0) is 19.8 Å². The first-order valence-electron chi connectivity index (χ1n) is 7.71. The Labute approximate surface area is 128 Å². The van der Waals surface area contributed by atoms with E-state index in [-0.39, 0.29) is 6.61 Å². The van der Waals surface area contributed by atoms with Crippen molar-refractivity contribution >= 4 is 12.1 Å². The van der Waals surface area contributed by atoms with E-state index in [9.17, 15) is 9.59 Å². The van der Waals surface area contributed by atoms with E-state index in [4.69, 9.17) is 9.47 Å². The van der Waals surface area contributed by atoms with Crippen molar-refractivity contribution in [2.45, 2.75) is 58.4 Å². The molecule has 0 radical (unpaired) electrons. The molecule has 21 heavy (non-hydrogen) atoms. The molecular formula is C16H29NO4. The number of ether oxygens (including phenoxy) is 2. The number of carbonyl (C=O) groups excluding carboxylic acids is 2. The zero-order chi connectivity index (χ0) is 16.1. The van der Waals surface area contributed by atoms with Gasteiger partial charge in [0.1, 0.15) is 6.04 Å². The molecule has 0 aromatic heterocycles. The summed E-state index contributed by atoms with van der Waals surface area (Å²) < 4.78 is 10.2. The summed E-state index contributed by atoms with van der Waals surface area (Å²) in [4.78, 5) is 24.7. The van der Waals surface area contributed by atoms with Crippen molar-refractivity contribution in [3.63, 3.8) is 0 Å². The minimum Gasteiger partial charge on any atom is -0.464 e. The third-order valence-electron chi connectivity index (χ3n) is 3.25. The predicted molar refractivity (Wildman–Crippen MR) is 83.1 cm³/mol. The van der Waals surface area contributed by atoms with Gasteiger partial charge in [0.25, 0.3) is 0 Å². The van der Waals surface area contributed by atoms with Crippen molar-refractivity contribution < 1.29 is 19.1 Å². The fraction of sp³-hybridized carbons (Fsp3) is 0.750. The number of likely N-dealkylation sites (N-methyl/N-ethyl adjacent to an activating group) is 1. The van der Waals surface area contributed by atoms with Crippen LogP contribution in [0.2, 0.25) is 0 Å². The van der Waals surface area contributed by atoms with E-state index in [1.54, 1.807) is 13.0 Å². The number of unbranched alkanes of at least 4 members (excludes halogenated alkanes) is 4. The van der Waals surface area contributed by atoms with Gasteiger partial charge in [-0.3, -0.25) is 4.90 Å². The molecule has 122 valence electrons. The average molecular weight is 299 g/mol. The highest BCUT2D eigenvalue weighted by Crippen LogP contribution is 2.05. The van der Waals surface area contributed by atoms with Crippen LogP contribution in [0.5, 0.6) is 0 Å². The summed E-state index contributed by atoms with van der Waals surface area (Å²) in [6.45, 7) is 8.02. The second-order valence-electron chi connectivity index (χ2n) is 5.06. The Morgan fingerprint density at radius 2 is 1.81 bits per heavy atom. The molecule has 0 aliphatic carbocycles. The van der Waals surface area contributed by atoms with Gasteiger partial charge in [-0.1, -0.05) is 38.7 Å². The maximum Gasteiger partial charge on any atom is 0.410 e. The van der Waals surface area contributed by atoms with Crippen LogP contribution in [-0.2, 0) is 14.3 Å². The Morgan fingerprint density at radius 3 is 2.43 bits per heavy atom. The lowest BCUT2D eigenvalue weighted by molar-refractivity contribution is -0.148. The standard InChI is InChI=1S/C16H29NO4/c1-5-7-9-10-11-13-20-15(18)14(3)17(4)16(19)21-12-8-6-2/h6,14H,2,5,7-13H2,1,3-4H3.